The summed E-state index contributed by atoms with van der Waals surface area (Å²) >= 11 is 0. The molecule has 0 saturated heterocycles. The van der Waals surface area contributed by atoms with Crippen LogP contribution in [0.1, 0.15) is 18.2 Å². The summed E-state index contributed by atoms with van der Waals surface area (Å²) in [5, 5.41) is 10.7. The lowest BCUT2D eigenvalue weighted by molar-refractivity contribution is 0.480. The SMILES string of the molecule is CCc1cc2c(C)ccc(O)c2[nH]1. The maximum Gasteiger partial charge on any atom is 0.139 e. The number of rotatable bonds is 1. The predicted molar refractivity (Wildman–Crippen MR) is 54.1 cm³/mol. The molecule has 0 amide bonds. The van der Waals surface area contributed by atoms with Gasteiger partial charge < -0.3 is 10.1 Å². The summed E-state index contributed by atoms with van der Waals surface area (Å²) in [6, 6.07) is 5.77. The van der Waals surface area contributed by atoms with Crippen molar-refractivity contribution in [1.29, 1.82) is 0 Å². The fraction of sp³-hybridized carbons (Fsp3) is 0.273. The Morgan fingerprint density at radius 2 is 2.15 bits per heavy atom. The van der Waals surface area contributed by atoms with E-state index < -0.39 is 0 Å². The number of aromatic hydroxyl groups is 1. The van der Waals surface area contributed by atoms with Crippen LogP contribution in [-0.2, 0) is 6.42 Å². The number of aromatic nitrogens is 1. The Hall–Kier alpha value is -1.44. The van der Waals surface area contributed by atoms with Crippen LogP contribution in [0.2, 0.25) is 0 Å². The predicted octanol–water partition coefficient (Wildman–Crippen LogP) is 2.74. The van der Waals surface area contributed by atoms with Crippen molar-refractivity contribution < 1.29 is 5.11 Å². The molecule has 2 aromatic rings. The van der Waals surface area contributed by atoms with Crippen molar-refractivity contribution >= 4 is 10.9 Å². The van der Waals surface area contributed by atoms with E-state index in [4.69, 9.17) is 0 Å². The van der Waals surface area contributed by atoms with Crippen molar-refractivity contribution in [2.24, 2.45) is 0 Å². The molecule has 0 atom stereocenters. The number of H-pyrrole nitrogens is 1. The van der Waals surface area contributed by atoms with Gasteiger partial charge in [0.15, 0.2) is 0 Å². The summed E-state index contributed by atoms with van der Waals surface area (Å²) in [5.74, 6) is 0.334. The van der Waals surface area contributed by atoms with Crippen LogP contribution >= 0.6 is 0 Å². The fourth-order valence-electron chi connectivity index (χ4n) is 1.59. The second kappa shape index (κ2) is 2.80. The zero-order valence-electron chi connectivity index (χ0n) is 7.89. The van der Waals surface area contributed by atoms with Gasteiger partial charge in [0.25, 0.3) is 0 Å². The molecule has 0 bridgehead atoms. The third kappa shape index (κ3) is 1.18. The Bertz CT molecular complexity index is 404. The Kier molecular flexibility index (Phi) is 1.76. The molecule has 0 radical (unpaired) electrons. The highest BCUT2D eigenvalue weighted by atomic mass is 16.3. The second-order valence-corrected chi connectivity index (χ2v) is 3.34. The molecule has 0 aliphatic carbocycles. The van der Waals surface area contributed by atoms with Crippen molar-refractivity contribution in [3.05, 3.63) is 29.5 Å². The quantitative estimate of drug-likeness (QED) is 0.686. The van der Waals surface area contributed by atoms with Crippen LogP contribution in [0.5, 0.6) is 5.75 Å². The molecular weight excluding hydrogens is 162 g/mol. The topological polar surface area (TPSA) is 36.0 Å². The molecule has 0 fully saturated rings. The molecule has 2 heteroatoms. The van der Waals surface area contributed by atoms with Crippen molar-refractivity contribution in [3.63, 3.8) is 0 Å². The number of nitrogens with one attached hydrogen (secondary N) is 1. The minimum Gasteiger partial charge on any atom is -0.506 e. The molecule has 0 saturated carbocycles. The van der Waals surface area contributed by atoms with E-state index >= 15 is 0 Å². The summed E-state index contributed by atoms with van der Waals surface area (Å²) in [5.41, 5.74) is 3.22. The van der Waals surface area contributed by atoms with Crippen molar-refractivity contribution in [2.75, 3.05) is 0 Å². The molecule has 2 nitrogen and oxygen atoms in total. The van der Waals surface area contributed by atoms with Crippen LogP contribution in [-0.4, -0.2) is 10.1 Å². The number of benzene rings is 1. The Morgan fingerprint density at radius 3 is 2.77 bits per heavy atom. The van der Waals surface area contributed by atoms with Crippen LogP contribution in [0.3, 0.4) is 0 Å². The Morgan fingerprint density at radius 1 is 1.38 bits per heavy atom. The van der Waals surface area contributed by atoms with Gasteiger partial charge in [-0.3, -0.25) is 0 Å². The molecule has 13 heavy (non-hydrogen) atoms. The minimum atomic E-state index is 0.334. The van der Waals surface area contributed by atoms with Crippen molar-refractivity contribution in [2.45, 2.75) is 20.3 Å². The highest BCUT2D eigenvalue weighted by Gasteiger charge is 2.05. The van der Waals surface area contributed by atoms with E-state index in [0.29, 0.717) is 5.75 Å². The summed E-state index contributed by atoms with van der Waals surface area (Å²) in [4.78, 5) is 3.20. The first-order valence-corrected chi connectivity index (χ1v) is 4.52. The maximum absolute atomic E-state index is 9.57. The number of hydrogen-bond acceptors (Lipinski definition) is 1. The Labute approximate surface area is 77.2 Å². The van der Waals surface area contributed by atoms with Gasteiger partial charge in [0, 0.05) is 11.1 Å². The molecule has 0 unspecified atom stereocenters. The average Bonchev–Trinajstić information content (AvgIpc) is 2.56. The first-order chi connectivity index (χ1) is 6.22. The van der Waals surface area contributed by atoms with E-state index in [1.807, 2.05) is 6.07 Å². The molecule has 1 aromatic heterocycles. The normalized spacial score (nSPS) is 10.9. The monoisotopic (exact) mass is 175 g/mol. The van der Waals surface area contributed by atoms with E-state index in [2.05, 4.69) is 24.9 Å². The van der Waals surface area contributed by atoms with Crippen molar-refractivity contribution in [1.82, 2.24) is 4.98 Å². The standard InChI is InChI=1S/C11H13NO/c1-3-8-6-9-7(2)4-5-10(13)11(9)12-8/h4-6,12-13H,3H2,1-2H3. The smallest absolute Gasteiger partial charge is 0.139 e. The highest BCUT2D eigenvalue weighted by Crippen LogP contribution is 2.27. The average molecular weight is 175 g/mol. The van der Waals surface area contributed by atoms with E-state index in [9.17, 15) is 5.11 Å². The molecule has 1 heterocycles. The Balaban J connectivity index is 2.80. The van der Waals surface area contributed by atoms with Gasteiger partial charge in [-0.1, -0.05) is 13.0 Å². The summed E-state index contributed by atoms with van der Waals surface area (Å²) in [6.45, 7) is 4.14. The molecule has 0 aliphatic rings. The summed E-state index contributed by atoms with van der Waals surface area (Å²) in [6.07, 6.45) is 0.966. The van der Waals surface area contributed by atoms with Gasteiger partial charge in [-0.05, 0) is 31.0 Å². The van der Waals surface area contributed by atoms with Gasteiger partial charge in [-0.25, -0.2) is 0 Å². The maximum atomic E-state index is 9.57. The first kappa shape index (κ1) is 8.17. The lowest BCUT2D eigenvalue weighted by Gasteiger charge is -1.97. The number of phenolic OH excluding ortho intramolecular Hbond substituents is 1. The van der Waals surface area contributed by atoms with Crippen LogP contribution in [0.4, 0.5) is 0 Å². The molecule has 68 valence electrons. The van der Waals surface area contributed by atoms with Crippen LogP contribution in [0.25, 0.3) is 10.9 Å². The number of hydrogen-bond donors (Lipinski definition) is 2. The fourth-order valence-corrected chi connectivity index (χ4v) is 1.59. The molecule has 2 N–H and O–H groups in total. The third-order valence-corrected chi connectivity index (χ3v) is 2.43. The van der Waals surface area contributed by atoms with E-state index in [0.717, 1.165) is 17.3 Å². The number of fused-ring (bicyclic) bond motifs is 1. The lowest BCUT2D eigenvalue weighted by Crippen LogP contribution is -1.76. The van der Waals surface area contributed by atoms with Gasteiger partial charge in [0.05, 0.1) is 5.52 Å². The zero-order valence-corrected chi connectivity index (χ0v) is 7.89. The molecular formula is C11H13NO. The molecule has 1 aromatic carbocycles. The van der Waals surface area contributed by atoms with Gasteiger partial charge in [0.2, 0.25) is 0 Å². The van der Waals surface area contributed by atoms with Gasteiger partial charge in [0.1, 0.15) is 5.75 Å². The lowest BCUT2D eigenvalue weighted by atomic mass is 10.1. The summed E-state index contributed by atoms with van der Waals surface area (Å²) < 4.78 is 0. The molecule has 0 aliphatic heterocycles. The summed E-state index contributed by atoms with van der Waals surface area (Å²) in [7, 11) is 0. The van der Waals surface area contributed by atoms with E-state index in [1.54, 1.807) is 6.07 Å². The largest absolute Gasteiger partial charge is 0.506 e. The zero-order chi connectivity index (χ0) is 9.42. The number of phenols is 1. The molecule has 0 spiro atoms. The van der Waals surface area contributed by atoms with Gasteiger partial charge >= 0.3 is 0 Å². The minimum absolute atomic E-state index is 0.334. The van der Waals surface area contributed by atoms with Gasteiger partial charge in [-0.2, -0.15) is 0 Å². The van der Waals surface area contributed by atoms with E-state index in [1.165, 1.54) is 11.3 Å². The number of aromatic amines is 1. The number of aryl methyl sites for hydroxylation is 2. The van der Waals surface area contributed by atoms with Gasteiger partial charge in [-0.15, -0.1) is 0 Å². The van der Waals surface area contributed by atoms with Crippen LogP contribution in [0, 0.1) is 6.92 Å². The van der Waals surface area contributed by atoms with Crippen molar-refractivity contribution in [3.8, 4) is 5.75 Å². The third-order valence-electron chi connectivity index (χ3n) is 2.43. The molecule has 2 rings (SSSR count). The second-order valence-electron chi connectivity index (χ2n) is 3.34. The van der Waals surface area contributed by atoms with Crippen LogP contribution < -0.4 is 0 Å². The van der Waals surface area contributed by atoms with Crippen LogP contribution in [0.15, 0.2) is 18.2 Å². The van der Waals surface area contributed by atoms with E-state index in [-0.39, 0.29) is 0 Å². The highest BCUT2D eigenvalue weighted by molar-refractivity contribution is 5.88. The first-order valence-electron chi connectivity index (χ1n) is 4.52.